The zero-order chi connectivity index (χ0) is 22.6. The summed E-state index contributed by atoms with van der Waals surface area (Å²) in [5.41, 5.74) is 2.21. The Kier molecular flexibility index (Phi) is 5.41. The van der Waals surface area contributed by atoms with Crippen LogP contribution in [0.25, 0.3) is 22.2 Å². The lowest BCUT2D eigenvalue weighted by Crippen LogP contribution is -2.39. The second-order valence-electron chi connectivity index (χ2n) is 8.54. The zero-order valence-electron chi connectivity index (χ0n) is 17.5. The van der Waals surface area contributed by atoms with E-state index in [4.69, 9.17) is 0 Å². The second-order valence-corrected chi connectivity index (χ2v) is 10.5. The monoisotopic (exact) mass is 454 g/mol. The number of nitrogens with zero attached hydrogens (tertiary/aromatic N) is 3. The highest BCUT2D eigenvalue weighted by Crippen LogP contribution is 2.40. The topological polar surface area (TPSA) is 68.9 Å². The number of hydrogen-bond donors (Lipinski definition) is 1. The van der Waals surface area contributed by atoms with Crippen LogP contribution in [0.4, 0.5) is 13.2 Å². The van der Waals surface area contributed by atoms with E-state index in [2.05, 4.69) is 5.10 Å². The van der Waals surface area contributed by atoms with Crippen LogP contribution in [-0.4, -0.2) is 34.2 Å². The van der Waals surface area contributed by atoms with Crippen molar-refractivity contribution in [3.05, 3.63) is 42.2 Å². The van der Waals surface area contributed by atoms with Gasteiger partial charge in [-0.3, -0.25) is 4.68 Å². The summed E-state index contributed by atoms with van der Waals surface area (Å²) in [7, 11) is -2.24. The number of fused-ring (bicyclic) bond motifs is 1. The largest absolute Gasteiger partial charge is 0.408 e. The van der Waals surface area contributed by atoms with E-state index in [1.807, 2.05) is 30.7 Å². The lowest BCUT2D eigenvalue weighted by atomic mass is 10.0. The Labute approximate surface area is 179 Å². The number of benzene rings is 1. The van der Waals surface area contributed by atoms with Crippen LogP contribution in [-0.2, 0) is 23.6 Å². The molecule has 4 rings (SSSR count). The van der Waals surface area contributed by atoms with Crippen LogP contribution >= 0.6 is 0 Å². The minimum atomic E-state index is -4.76. The van der Waals surface area contributed by atoms with Gasteiger partial charge in [0.15, 0.2) is 0 Å². The fourth-order valence-electron chi connectivity index (χ4n) is 3.86. The van der Waals surface area contributed by atoms with Crippen LogP contribution in [0.1, 0.15) is 38.3 Å². The van der Waals surface area contributed by atoms with Gasteiger partial charge < -0.3 is 4.57 Å². The molecule has 0 bridgehead atoms. The first-order chi connectivity index (χ1) is 14.5. The third-order valence-corrected chi connectivity index (χ3v) is 7.39. The Bertz CT molecular complexity index is 1210. The summed E-state index contributed by atoms with van der Waals surface area (Å²) in [6.45, 7) is 4.46. The third-order valence-electron chi connectivity index (χ3n) is 5.48. The number of aromatic nitrogens is 3. The summed E-state index contributed by atoms with van der Waals surface area (Å²) >= 11 is 0. The van der Waals surface area contributed by atoms with Crippen molar-refractivity contribution in [2.45, 2.75) is 50.7 Å². The summed E-state index contributed by atoms with van der Waals surface area (Å²) in [5, 5.41) is 3.80. The average molecular weight is 455 g/mol. The molecule has 1 N–H and O–H groups in total. The number of aryl methyl sites for hydroxylation is 1. The van der Waals surface area contributed by atoms with Gasteiger partial charge in [-0.2, -0.15) is 23.0 Å². The van der Waals surface area contributed by atoms with Gasteiger partial charge in [-0.25, -0.2) is 8.42 Å². The Balaban J connectivity index is 1.86. The van der Waals surface area contributed by atoms with Gasteiger partial charge in [0, 0.05) is 48.0 Å². The van der Waals surface area contributed by atoms with Crippen molar-refractivity contribution in [3.8, 4) is 11.3 Å². The molecule has 1 aromatic carbocycles. The van der Waals surface area contributed by atoms with Crippen molar-refractivity contribution >= 4 is 20.9 Å². The van der Waals surface area contributed by atoms with E-state index in [0.29, 0.717) is 30.3 Å². The Morgan fingerprint density at radius 3 is 2.48 bits per heavy atom. The third kappa shape index (κ3) is 4.36. The highest BCUT2D eigenvalue weighted by Gasteiger charge is 2.47. The number of rotatable bonds is 7. The van der Waals surface area contributed by atoms with Crippen LogP contribution < -0.4 is 4.72 Å². The molecule has 0 saturated heterocycles. The van der Waals surface area contributed by atoms with Gasteiger partial charge in [0.1, 0.15) is 6.04 Å². The SMILES string of the molecule is CC(C)Cn1cc(C(NS(=O)(=O)C2CC2)C(F)(F)F)c2ccc(-c3ccnn3C)cc21. The van der Waals surface area contributed by atoms with Crippen molar-refractivity contribution < 1.29 is 21.6 Å². The standard InChI is InChI=1S/C21H25F3N4O2S/c1-13(2)11-28-12-17(20(21(22,23)24)26-31(29,30)15-5-6-15)16-7-4-14(10-19(16)28)18-8-9-25-27(18)3/h4,7-10,12-13,15,20,26H,5-6,11H2,1-3H3. The molecule has 0 radical (unpaired) electrons. The number of nitrogens with one attached hydrogen (secondary N) is 1. The van der Waals surface area contributed by atoms with E-state index in [9.17, 15) is 21.6 Å². The molecule has 10 heteroatoms. The fourth-order valence-corrected chi connectivity index (χ4v) is 5.39. The van der Waals surface area contributed by atoms with Crippen molar-refractivity contribution in [2.24, 2.45) is 13.0 Å². The lowest BCUT2D eigenvalue weighted by molar-refractivity contribution is -0.152. The summed E-state index contributed by atoms with van der Waals surface area (Å²) in [6.07, 6.45) is -0.887. The molecule has 0 spiro atoms. The van der Waals surface area contributed by atoms with E-state index in [0.717, 1.165) is 11.3 Å². The van der Waals surface area contributed by atoms with Gasteiger partial charge in [0.05, 0.1) is 10.9 Å². The molecule has 168 valence electrons. The van der Waals surface area contributed by atoms with Gasteiger partial charge in [-0.05, 0) is 30.9 Å². The molecular weight excluding hydrogens is 429 g/mol. The maximum atomic E-state index is 14.0. The quantitative estimate of drug-likeness (QED) is 0.576. The first-order valence-electron chi connectivity index (χ1n) is 10.2. The molecule has 3 aromatic rings. The highest BCUT2D eigenvalue weighted by atomic mass is 32.2. The van der Waals surface area contributed by atoms with Gasteiger partial charge >= 0.3 is 6.18 Å². The van der Waals surface area contributed by atoms with Gasteiger partial charge in [-0.15, -0.1) is 0 Å². The minimum Gasteiger partial charge on any atom is -0.347 e. The molecule has 31 heavy (non-hydrogen) atoms. The normalized spacial score (nSPS) is 16.4. The van der Waals surface area contributed by atoms with Gasteiger partial charge in [0.2, 0.25) is 10.0 Å². The summed E-state index contributed by atoms with van der Waals surface area (Å²) in [6, 6.07) is 4.75. The van der Waals surface area contributed by atoms with Crippen molar-refractivity contribution in [1.82, 2.24) is 19.1 Å². The van der Waals surface area contributed by atoms with Crippen LogP contribution in [0, 0.1) is 5.92 Å². The lowest BCUT2D eigenvalue weighted by Gasteiger charge is -2.21. The van der Waals surface area contributed by atoms with Crippen LogP contribution in [0.3, 0.4) is 0 Å². The van der Waals surface area contributed by atoms with Gasteiger partial charge in [-0.1, -0.05) is 26.0 Å². The first kappa shape index (κ1) is 21.9. The molecule has 1 atom stereocenters. The molecule has 0 aliphatic heterocycles. The molecule has 6 nitrogen and oxygen atoms in total. The molecular formula is C21H25F3N4O2S. The van der Waals surface area contributed by atoms with Crippen LogP contribution in [0.15, 0.2) is 36.7 Å². The van der Waals surface area contributed by atoms with E-state index < -0.39 is 27.5 Å². The average Bonchev–Trinajstić information content (AvgIpc) is 3.37. The summed E-state index contributed by atoms with van der Waals surface area (Å²) in [4.78, 5) is 0. The van der Waals surface area contributed by atoms with E-state index in [1.165, 1.54) is 6.20 Å². The van der Waals surface area contributed by atoms with Crippen molar-refractivity contribution in [2.75, 3.05) is 0 Å². The van der Waals surface area contributed by atoms with E-state index in [1.54, 1.807) is 34.6 Å². The molecule has 2 heterocycles. The fraction of sp³-hybridized carbons (Fsp3) is 0.476. The maximum Gasteiger partial charge on any atom is 0.408 e. The summed E-state index contributed by atoms with van der Waals surface area (Å²) < 4.78 is 72.2. The van der Waals surface area contributed by atoms with Crippen LogP contribution in [0.5, 0.6) is 0 Å². The highest BCUT2D eigenvalue weighted by molar-refractivity contribution is 7.90. The number of alkyl halides is 3. The van der Waals surface area contributed by atoms with Crippen molar-refractivity contribution in [3.63, 3.8) is 0 Å². The smallest absolute Gasteiger partial charge is 0.347 e. The molecule has 2 aromatic heterocycles. The maximum absolute atomic E-state index is 14.0. The zero-order valence-corrected chi connectivity index (χ0v) is 18.3. The molecule has 0 amide bonds. The number of sulfonamides is 1. The van der Waals surface area contributed by atoms with Crippen molar-refractivity contribution in [1.29, 1.82) is 0 Å². The minimum absolute atomic E-state index is 0.0797. The summed E-state index contributed by atoms with van der Waals surface area (Å²) in [5.74, 6) is 0.191. The molecule has 1 saturated carbocycles. The Hall–Kier alpha value is -2.33. The van der Waals surface area contributed by atoms with Crippen LogP contribution in [0.2, 0.25) is 0 Å². The molecule has 1 unspecified atom stereocenters. The molecule has 1 aliphatic rings. The Morgan fingerprint density at radius 2 is 1.94 bits per heavy atom. The predicted octanol–water partition coefficient (Wildman–Crippen LogP) is 4.38. The predicted molar refractivity (Wildman–Crippen MR) is 113 cm³/mol. The first-order valence-corrected chi connectivity index (χ1v) is 11.7. The van der Waals surface area contributed by atoms with E-state index >= 15 is 0 Å². The second kappa shape index (κ2) is 7.67. The van der Waals surface area contributed by atoms with E-state index in [-0.39, 0.29) is 11.5 Å². The number of hydrogen-bond acceptors (Lipinski definition) is 3. The Morgan fingerprint density at radius 1 is 1.23 bits per heavy atom. The van der Waals surface area contributed by atoms with Gasteiger partial charge in [0.25, 0.3) is 0 Å². The molecule has 1 aliphatic carbocycles. The number of halogens is 3. The molecule has 1 fully saturated rings.